The molecule has 0 bridgehead atoms. The first-order valence-electron chi connectivity index (χ1n) is 5.70. The number of fused-ring (bicyclic) bond motifs is 1. The molecule has 0 amide bonds. The molecule has 0 unspecified atom stereocenters. The van der Waals surface area contributed by atoms with Gasteiger partial charge in [0.1, 0.15) is 11.5 Å². The van der Waals surface area contributed by atoms with E-state index in [1.54, 1.807) is 12.3 Å². The van der Waals surface area contributed by atoms with Crippen LogP contribution in [-0.2, 0) is 0 Å². The van der Waals surface area contributed by atoms with Gasteiger partial charge in [0.25, 0.3) is 0 Å². The smallest absolute Gasteiger partial charge is 0.128 e. The summed E-state index contributed by atoms with van der Waals surface area (Å²) in [5.41, 5.74) is 7.50. The Hall–Kier alpha value is -2.55. The van der Waals surface area contributed by atoms with Gasteiger partial charge in [0.15, 0.2) is 0 Å². The predicted octanol–water partition coefficient (Wildman–Crippen LogP) is 3.61. The maximum atomic E-state index is 5.92. The quantitative estimate of drug-likeness (QED) is 0.739. The fourth-order valence-electron chi connectivity index (χ4n) is 1.83. The number of hydrogen-bond acceptors (Lipinski definition) is 3. The van der Waals surface area contributed by atoms with Crippen LogP contribution in [0.4, 0.5) is 5.69 Å². The molecule has 0 aliphatic carbocycles. The van der Waals surface area contributed by atoms with Crippen LogP contribution < -0.4 is 10.5 Å². The number of nitrogen functional groups attached to an aromatic ring is 1. The molecular weight excluding hydrogens is 224 g/mol. The van der Waals surface area contributed by atoms with Gasteiger partial charge in [-0.05, 0) is 36.4 Å². The molecule has 0 saturated carbocycles. The zero-order chi connectivity index (χ0) is 12.4. The van der Waals surface area contributed by atoms with Gasteiger partial charge in [-0.2, -0.15) is 0 Å². The van der Waals surface area contributed by atoms with E-state index in [-0.39, 0.29) is 0 Å². The van der Waals surface area contributed by atoms with E-state index in [2.05, 4.69) is 4.98 Å². The number of benzene rings is 2. The van der Waals surface area contributed by atoms with E-state index < -0.39 is 0 Å². The van der Waals surface area contributed by atoms with E-state index in [1.807, 2.05) is 48.5 Å². The maximum Gasteiger partial charge on any atom is 0.128 e. The van der Waals surface area contributed by atoms with Crippen molar-refractivity contribution in [2.24, 2.45) is 0 Å². The average molecular weight is 236 g/mol. The highest BCUT2D eigenvalue weighted by Gasteiger charge is 2.02. The molecule has 3 rings (SSSR count). The zero-order valence-corrected chi connectivity index (χ0v) is 9.71. The van der Waals surface area contributed by atoms with Gasteiger partial charge in [-0.15, -0.1) is 0 Å². The Morgan fingerprint density at radius 3 is 2.56 bits per heavy atom. The van der Waals surface area contributed by atoms with Crippen LogP contribution in [0.5, 0.6) is 11.5 Å². The molecule has 2 aromatic carbocycles. The lowest BCUT2D eigenvalue weighted by molar-refractivity contribution is 0.483. The van der Waals surface area contributed by atoms with Gasteiger partial charge in [-0.25, -0.2) is 0 Å². The van der Waals surface area contributed by atoms with Gasteiger partial charge in [0.05, 0.1) is 5.52 Å². The van der Waals surface area contributed by atoms with Crippen LogP contribution >= 0.6 is 0 Å². The second-order valence-corrected chi connectivity index (χ2v) is 3.99. The first-order chi connectivity index (χ1) is 8.83. The summed E-state index contributed by atoms with van der Waals surface area (Å²) in [4.78, 5) is 4.25. The molecule has 0 aliphatic rings. The molecule has 18 heavy (non-hydrogen) atoms. The van der Waals surface area contributed by atoms with Gasteiger partial charge < -0.3 is 10.5 Å². The van der Waals surface area contributed by atoms with Crippen LogP contribution in [0.1, 0.15) is 0 Å². The Labute approximate surface area is 105 Å². The molecule has 0 radical (unpaired) electrons. The summed E-state index contributed by atoms with van der Waals surface area (Å²) in [5, 5.41) is 0.908. The summed E-state index contributed by atoms with van der Waals surface area (Å²) in [6, 6.07) is 17.1. The standard InChI is InChI=1S/C15H12N2O/c16-14-8-9-17-15-7-6-12(10-13(14)15)18-11-4-2-1-3-5-11/h1-10H,(H2,16,17). The molecule has 0 saturated heterocycles. The van der Waals surface area contributed by atoms with Crippen LogP contribution in [0, 0.1) is 0 Å². The van der Waals surface area contributed by atoms with Gasteiger partial charge in [-0.3, -0.25) is 4.98 Å². The van der Waals surface area contributed by atoms with Crippen molar-refractivity contribution < 1.29 is 4.74 Å². The van der Waals surface area contributed by atoms with Crippen molar-refractivity contribution in [1.29, 1.82) is 0 Å². The third-order valence-corrected chi connectivity index (χ3v) is 2.73. The second kappa shape index (κ2) is 4.37. The molecule has 3 aromatic rings. The average Bonchev–Trinajstić information content (AvgIpc) is 2.41. The lowest BCUT2D eigenvalue weighted by Crippen LogP contribution is -1.90. The molecule has 0 aliphatic heterocycles. The van der Waals surface area contributed by atoms with Gasteiger partial charge in [0.2, 0.25) is 0 Å². The Morgan fingerprint density at radius 2 is 1.72 bits per heavy atom. The van der Waals surface area contributed by atoms with Crippen molar-refractivity contribution in [3.8, 4) is 11.5 Å². The second-order valence-electron chi connectivity index (χ2n) is 3.99. The fourth-order valence-corrected chi connectivity index (χ4v) is 1.83. The molecule has 1 heterocycles. The van der Waals surface area contributed by atoms with Crippen molar-refractivity contribution in [2.45, 2.75) is 0 Å². The molecule has 3 nitrogen and oxygen atoms in total. The highest BCUT2D eigenvalue weighted by atomic mass is 16.5. The summed E-state index contributed by atoms with van der Waals surface area (Å²) >= 11 is 0. The lowest BCUT2D eigenvalue weighted by atomic mass is 10.2. The minimum atomic E-state index is 0.707. The van der Waals surface area contributed by atoms with Crippen LogP contribution in [0.3, 0.4) is 0 Å². The SMILES string of the molecule is Nc1ccnc2ccc(Oc3ccccc3)cc12. The zero-order valence-electron chi connectivity index (χ0n) is 9.71. The Bertz CT molecular complexity index is 680. The molecule has 0 fully saturated rings. The van der Waals surface area contributed by atoms with Crippen molar-refractivity contribution in [3.63, 3.8) is 0 Å². The number of nitrogens with zero attached hydrogens (tertiary/aromatic N) is 1. The third-order valence-electron chi connectivity index (χ3n) is 2.73. The summed E-state index contributed by atoms with van der Waals surface area (Å²) in [6.45, 7) is 0. The van der Waals surface area contributed by atoms with Crippen LogP contribution in [0.25, 0.3) is 10.9 Å². The summed E-state index contributed by atoms with van der Waals surface area (Å²) in [5.74, 6) is 1.56. The molecule has 2 N–H and O–H groups in total. The Balaban J connectivity index is 2.01. The fraction of sp³-hybridized carbons (Fsp3) is 0. The maximum absolute atomic E-state index is 5.92. The lowest BCUT2D eigenvalue weighted by Gasteiger charge is -2.07. The number of anilines is 1. The van der Waals surface area contributed by atoms with Crippen LogP contribution in [0.15, 0.2) is 60.8 Å². The number of para-hydroxylation sites is 1. The predicted molar refractivity (Wildman–Crippen MR) is 72.7 cm³/mol. The first-order valence-corrected chi connectivity index (χ1v) is 5.70. The van der Waals surface area contributed by atoms with Gasteiger partial charge >= 0.3 is 0 Å². The van der Waals surface area contributed by atoms with Crippen LogP contribution in [0.2, 0.25) is 0 Å². The van der Waals surface area contributed by atoms with E-state index in [4.69, 9.17) is 10.5 Å². The normalized spacial score (nSPS) is 10.4. The van der Waals surface area contributed by atoms with Crippen molar-refractivity contribution >= 4 is 16.6 Å². The Kier molecular flexibility index (Phi) is 2.57. The molecule has 0 atom stereocenters. The largest absolute Gasteiger partial charge is 0.457 e. The van der Waals surface area contributed by atoms with Crippen LogP contribution in [-0.4, -0.2) is 4.98 Å². The number of nitrogens with two attached hydrogens (primary N) is 1. The molecule has 0 spiro atoms. The van der Waals surface area contributed by atoms with E-state index in [0.29, 0.717) is 5.69 Å². The number of hydrogen-bond donors (Lipinski definition) is 1. The molecule has 88 valence electrons. The van der Waals surface area contributed by atoms with E-state index in [0.717, 1.165) is 22.4 Å². The molecule has 1 aromatic heterocycles. The summed E-state index contributed by atoms with van der Waals surface area (Å²) in [6.07, 6.45) is 1.70. The Morgan fingerprint density at radius 1 is 0.889 bits per heavy atom. The third kappa shape index (κ3) is 1.98. The van der Waals surface area contributed by atoms with E-state index in [9.17, 15) is 0 Å². The topological polar surface area (TPSA) is 48.1 Å². The summed E-state index contributed by atoms with van der Waals surface area (Å²) < 4.78 is 5.76. The minimum Gasteiger partial charge on any atom is -0.457 e. The van der Waals surface area contributed by atoms with E-state index in [1.165, 1.54) is 0 Å². The van der Waals surface area contributed by atoms with Gasteiger partial charge in [-0.1, -0.05) is 18.2 Å². The van der Waals surface area contributed by atoms with Crippen molar-refractivity contribution in [3.05, 3.63) is 60.8 Å². The highest BCUT2D eigenvalue weighted by molar-refractivity contribution is 5.90. The number of rotatable bonds is 2. The van der Waals surface area contributed by atoms with Crippen molar-refractivity contribution in [2.75, 3.05) is 5.73 Å². The van der Waals surface area contributed by atoms with E-state index >= 15 is 0 Å². The molecular formula is C15H12N2O. The molecule has 3 heteroatoms. The monoisotopic (exact) mass is 236 g/mol. The van der Waals surface area contributed by atoms with Gasteiger partial charge in [0, 0.05) is 17.3 Å². The minimum absolute atomic E-state index is 0.707. The number of pyridine rings is 1. The highest BCUT2D eigenvalue weighted by Crippen LogP contribution is 2.27. The first kappa shape index (κ1) is 10.6. The summed E-state index contributed by atoms with van der Waals surface area (Å²) in [7, 11) is 0. The number of ether oxygens (including phenoxy) is 1. The van der Waals surface area contributed by atoms with Crippen molar-refractivity contribution in [1.82, 2.24) is 4.98 Å². The number of aromatic nitrogens is 1.